The molecule has 0 radical (unpaired) electrons. The van der Waals surface area contributed by atoms with Gasteiger partial charge in [0, 0.05) is 18.2 Å². The van der Waals surface area contributed by atoms with Crippen molar-refractivity contribution in [3.8, 4) is 12.0 Å². The van der Waals surface area contributed by atoms with Crippen molar-refractivity contribution in [2.45, 2.75) is 58.0 Å². The van der Waals surface area contributed by atoms with Gasteiger partial charge < -0.3 is 9.47 Å². The van der Waals surface area contributed by atoms with Crippen LogP contribution in [0.1, 0.15) is 0 Å². The molecule has 2 fully saturated rings. The number of nitrogens with zero attached hydrogens (tertiary/aromatic N) is 8. The van der Waals surface area contributed by atoms with E-state index in [-0.39, 0.29) is 30.8 Å². The second kappa shape index (κ2) is 16.9. The molecule has 2 atom stereocenters. The van der Waals surface area contributed by atoms with Gasteiger partial charge in [-0.05, 0) is 87.1 Å². The summed E-state index contributed by atoms with van der Waals surface area (Å²) in [5, 5.41) is 12.7. The molecule has 2 aliphatic rings. The number of hydrogen-bond acceptors (Lipinski definition) is 7. The molecule has 18 heteroatoms. The summed E-state index contributed by atoms with van der Waals surface area (Å²) in [5.74, 6) is -0.736. The van der Waals surface area contributed by atoms with Crippen molar-refractivity contribution in [3.05, 3.63) is 71.8 Å². The first-order valence-electron chi connectivity index (χ1n) is 14.7. The third-order valence-electron chi connectivity index (χ3n) is 6.66. The number of carbonyl (C=O) groups is 2. The summed E-state index contributed by atoms with van der Waals surface area (Å²) in [4.78, 5) is 29.0. The van der Waals surface area contributed by atoms with E-state index in [0.717, 1.165) is 5.32 Å². The van der Waals surface area contributed by atoms with Crippen LogP contribution in [0, 0.1) is 30.7 Å². The van der Waals surface area contributed by atoms with Gasteiger partial charge in [0.25, 0.3) is 0 Å². The van der Waals surface area contributed by atoms with E-state index in [1.54, 1.807) is 28.9 Å². The quantitative estimate of drug-likeness (QED) is 0.0617. The van der Waals surface area contributed by atoms with Crippen LogP contribution in [0.3, 0.4) is 0 Å². The highest BCUT2D eigenvalue weighted by atomic mass is 127. The van der Waals surface area contributed by atoms with Crippen molar-refractivity contribution in [3.63, 3.8) is 0 Å². The van der Waals surface area contributed by atoms with Crippen LogP contribution >= 0.6 is 45.2 Å². The topological polar surface area (TPSA) is 139 Å². The van der Waals surface area contributed by atoms with Crippen LogP contribution in [-0.2, 0) is 16.0 Å². The molecule has 0 unspecified atom stereocenters. The molecule has 0 saturated carbocycles. The molecular formula is C30H36F2I2N8O4Si2. The van der Waals surface area contributed by atoms with E-state index in [2.05, 4.69) is 65.2 Å². The van der Waals surface area contributed by atoms with Gasteiger partial charge in [-0.15, -0.1) is 17.1 Å². The molecule has 12 nitrogen and oxygen atoms in total. The fourth-order valence-electron chi connectivity index (χ4n) is 4.03. The smallest absolute Gasteiger partial charge is 0.414 e. The van der Waals surface area contributed by atoms with Gasteiger partial charge in [-0.2, -0.15) is 0 Å². The van der Waals surface area contributed by atoms with E-state index in [9.17, 15) is 18.4 Å². The zero-order chi connectivity index (χ0) is 35.8. The number of terminal acetylenes is 1. The number of benzene rings is 2. The summed E-state index contributed by atoms with van der Waals surface area (Å²) in [6, 6.07) is 9.21. The lowest BCUT2D eigenvalue weighted by atomic mass is 10.2. The van der Waals surface area contributed by atoms with Crippen LogP contribution in [0.25, 0.3) is 10.4 Å². The first kappa shape index (κ1) is 39.2. The molecule has 48 heavy (non-hydrogen) atoms. The zero-order valence-corrected chi connectivity index (χ0v) is 33.6. The molecule has 2 saturated heterocycles. The highest BCUT2D eigenvalue weighted by Crippen LogP contribution is 2.26. The molecule has 2 aromatic carbocycles. The number of rotatable bonds is 7. The number of carbonyl (C=O) groups excluding carboxylic acids is 2. The lowest BCUT2D eigenvalue weighted by Gasteiger charge is -2.13. The highest BCUT2D eigenvalue weighted by Gasteiger charge is 2.34. The Morgan fingerprint density at radius 2 is 1.44 bits per heavy atom. The number of ether oxygens (including phenoxy) is 2. The third-order valence-corrected chi connectivity index (χ3v) is 11.0. The first-order chi connectivity index (χ1) is 22.4. The van der Waals surface area contributed by atoms with Crippen LogP contribution in [0.5, 0.6) is 0 Å². The fraction of sp³-hybridized carbons (Fsp3) is 0.400. The average Bonchev–Trinajstić information content (AvgIpc) is 3.74. The van der Waals surface area contributed by atoms with Crippen LogP contribution in [0.15, 0.2) is 47.7 Å². The highest BCUT2D eigenvalue weighted by molar-refractivity contribution is 14.1. The van der Waals surface area contributed by atoms with Crippen molar-refractivity contribution >= 4 is 90.2 Å². The molecule has 1 aromatic heterocycles. The van der Waals surface area contributed by atoms with Gasteiger partial charge in [0.2, 0.25) is 0 Å². The van der Waals surface area contributed by atoms with Crippen LogP contribution in [0.2, 0.25) is 39.3 Å². The van der Waals surface area contributed by atoms with E-state index in [0.29, 0.717) is 31.6 Å². The Hall–Kier alpha value is -3.26. The maximum absolute atomic E-state index is 13.7. The van der Waals surface area contributed by atoms with Gasteiger partial charge in [0.1, 0.15) is 40.0 Å². The van der Waals surface area contributed by atoms with Crippen molar-refractivity contribution < 1.29 is 27.8 Å². The number of anilines is 2. The SMILES string of the molecule is C#C[Si](C)(C)C.C[Si](C)(C)c1cn(C[C@H]2CN(c3ccc(I)c(F)c3)C(=O)O2)nn1.[N-]=[N+]=NC[C@H]1CN(c2ccc(I)c(F)c2)C(=O)O1. The van der Waals surface area contributed by atoms with Gasteiger partial charge in [0.05, 0.1) is 42.9 Å². The summed E-state index contributed by atoms with van der Waals surface area (Å²) in [5.41, 5.74) is 11.9. The van der Waals surface area contributed by atoms with E-state index >= 15 is 0 Å². The molecule has 0 spiro atoms. The van der Waals surface area contributed by atoms with Gasteiger partial charge in [-0.3, -0.25) is 9.80 Å². The lowest BCUT2D eigenvalue weighted by Crippen LogP contribution is -2.38. The van der Waals surface area contributed by atoms with Crippen molar-refractivity contribution in [1.29, 1.82) is 0 Å². The lowest BCUT2D eigenvalue weighted by molar-refractivity contribution is 0.129. The van der Waals surface area contributed by atoms with Crippen molar-refractivity contribution in [2.75, 3.05) is 29.4 Å². The van der Waals surface area contributed by atoms with Crippen molar-refractivity contribution in [2.24, 2.45) is 5.11 Å². The van der Waals surface area contributed by atoms with Crippen LogP contribution in [-0.4, -0.2) is 75.2 Å². The van der Waals surface area contributed by atoms with Crippen molar-refractivity contribution in [1.82, 2.24) is 15.0 Å². The molecule has 256 valence electrons. The fourth-order valence-corrected chi connectivity index (χ4v) is 5.58. The second-order valence-electron chi connectivity index (χ2n) is 12.8. The Morgan fingerprint density at radius 1 is 0.958 bits per heavy atom. The first-order valence-corrected chi connectivity index (χ1v) is 23.8. The molecule has 0 N–H and O–H groups in total. The van der Waals surface area contributed by atoms with Gasteiger partial charge in [-0.25, -0.2) is 23.1 Å². The van der Waals surface area contributed by atoms with E-state index in [1.165, 1.54) is 21.9 Å². The molecule has 3 aromatic rings. The van der Waals surface area contributed by atoms with E-state index < -0.39 is 34.4 Å². The Balaban J connectivity index is 0.000000229. The minimum Gasteiger partial charge on any atom is -0.444 e. The van der Waals surface area contributed by atoms with Gasteiger partial charge >= 0.3 is 12.2 Å². The predicted molar refractivity (Wildman–Crippen MR) is 203 cm³/mol. The molecule has 0 bridgehead atoms. The minimum absolute atomic E-state index is 0.0750. The summed E-state index contributed by atoms with van der Waals surface area (Å²) in [6.45, 7) is 14.2. The molecule has 3 heterocycles. The number of amides is 2. The summed E-state index contributed by atoms with van der Waals surface area (Å²) >= 11 is 3.78. The monoisotopic (exact) mass is 920 g/mol. The molecular weight excluding hydrogens is 884 g/mol. The second-order valence-corrected chi connectivity index (χ2v) is 24.9. The summed E-state index contributed by atoms with van der Waals surface area (Å²) in [7, 11) is -2.62. The standard InChI is InChI=1S/C15H18FIN4O2Si.C10H8FIN4O2.C5H10Si/c1-24(2,3)14-9-20(19-18-14)7-11-8-21(15(22)23-11)10-4-5-13(17)12(16)6-10;11-8-3-6(1-2-9(8)12)16-5-7(4-14-15-13)18-10(16)17;1-5-6(2,3)4/h4-6,9,11H,7-8H2,1-3H3;1-3,7H,4-5H2;1H,2-4H3/t11-;7-;/m00./s1. The number of aromatic nitrogens is 3. The largest absolute Gasteiger partial charge is 0.444 e. The predicted octanol–water partition coefficient (Wildman–Crippen LogP) is 7.16. The normalized spacial score (nSPS) is 17.3. The Morgan fingerprint density at radius 3 is 1.85 bits per heavy atom. The molecule has 0 aliphatic carbocycles. The number of halogens is 4. The van der Waals surface area contributed by atoms with Gasteiger partial charge in [-0.1, -0.05) is 49.6 Å². The zero-order valence-electron chi connectivity index (χ0n) is 27.3. The number of hydrogen-bond donors (Lipinski definition) is 0. The van der Waals surface area contributed by atoms with Crippen LogP contribution < -0.4 is 15.1 Å². The third kappa shape index (κ3) is 11.4. The maximum atomic E-state index is 13.7. The van der Waals surface area contributed by atoms with E-state index in [1.807, 2.05) is 51.4 Å². The molecule has 2 aliphatic heterocycles. The summed E-state index contributed by atoms with van der Waals surface area (Å²) in [6.07, 6.45) is 5.19. The van der Waals surface area contributed by atoms with Gasteiger partial charge in [0.15, 0.2) is 0 Å². The average molecular weight is 921 g/mol. The Kier molecular flexibility index (Phi) is 13.8. The summed E-state index contributed by atoms with van der Waals surface area (Å²) < 4.78 is 40.2. The minimum atomic E-state index is -1.51. The molecule has 5 rings (SSSR count). The maximum Gasteiger partial charge on any atom is 0.414 e. The Labute approximate surface area is 307 Å². The van der Waals surface area contributed by atoms with E-state index in [4.69, 9.17) is 21.4 Å². The van der Waals surface area contributed by atoms with Crippen LogP contribution in [0.4, 0.5) is 29.7 Å². The Bertz CT molecular complexity index is 1720. The number of azide groups is 1. The molecule has 2 amide bonds. The number of cyclic esters (lactones) is 2.